The molecule has 10 heteroatoms. The number of aromatic nitrogens is 2. The largest absolute Gasteiger partial charge is 0.299 e. The fourth-order valence-corrected chi connectivity index (χ4v) is 5.36. The van der Waals surface area contributed by atoms with Gasteiger partial charge in [0.15, 0.2) is 4.34 Å². The topological polar surface area (TPSA) is 92.3 Å². The second kappa shape index (κ2) is 9.03. The van der Waals surface area contributed by atoms with Gasteiger partial charge in [-0.25, -0.2) is 8.42 Å². The lowest BCUT2D eigenvalue weighted by Gasteiger charge is -2.29. The fourth-order valence-electron chi connectivity index (χ4n) is 2.46. The highest BCUT2D eigenvalue weighted by Crippen LogP contribution is 2.28. The lowest BCUT2D eigenvalue weighted by Crippen LogP contribution is -2.45. The van der Waals surface area contributed by atoms with Crippen LogP contribution in [0.5, 0.6) is 0 Å². The van der Waals surface area contributed by atoms with Crippen molar-refractivity contribution in [3.05, 3.63) is 29.3 Å². The molecule has 1 N–H and O–H groups in total. The lowest BCUT2D eigenvalue weighted by molar-refractivity contribution is -0.116. The highest BCUT2D eigenvalue weighted by molar-refractivity contribution is 8.01. The first-order valence-electron chi connectivity index (χ1n) is 8.47. The van der Waals surface area contributed by atoms with Gasteiger partial charge in [0.25, 0.3) is 0 Å². The minimum Gasteiger partial charge on any atom is -0.299 e. The molecule has 0 aliphatic carbocycles. The van der Waals surface area contributed by atoms with Crippen molar-refractivity contribution in [3.63, 3.8) is 0 Å². The molecule has 0 saturated heterocycles. The number of aryl methyl sites for hydroxylation is 2. The number of hydrogen-bond donors (Lipinski definition) is 1. The molecular formula is C17H24N4O3S3. The molecule has 0 aliphatic rings. The summed E-state index contributed by atoms with van der Waals surface area (Å²) in [4.78, 5) is 12.7. The minimum atomic E-state index is -3.66. The summed E-state index contributed by atoms with van der Waals surface area (Å²) >= 11 is 2.86. The predicted molar refractivity (Wildman–Crippen MR) is 112 cm³/mol. The van der Waals surface area contributed by atoms with Crippen LogP contribution in [0.25, 0.3) is 0 Å². The van der Waals surface area contributed by atoms with Gasteiger partial charge in [-0.05, 0) is 44.4 Å². The summed E-state index contributed by atoms with van der Waals surface area (Å²) in [6.45, 7) is 7.34. The van der Waals surface area contributed by atoms with Crippen LogP contribution >= 0.6 is 23.1 Å². The highest BCUT2D eigenvalue weighted by atomic mass is 32.2. The molecule has 2 rings (SSSR count). The zero-order valence-corrected chi connectivity index (χ0v) is 18.5. The van der Waals surface area contributed by atoms with Gasteiger partial charge in [0, 0.05) is 5.75 Å². The Labute approximate surface area is 168 Å². The van der Waals surface area contributed by atoms with Crippen LogP contribution < -0.4 is 9.62 Å². The standard InChI is InChI=1S/C17H24N4O3S3/c1-6-9-25-17-20-19-16(26-17)18-15(22)13(4)21(27(5,23)24)14-10-11(2)7-8-12(14)3/h7-8,10,13H,6,9H2,1-5H3,(H,18,19,22)/t13-/m1/s1. The molecule has 0 unspecified atom stereocenters. The third-order valence-corrected chi connectivity index (χ3v) is 7.16. The van der Waals surface area contributed by atoms with Crippen LogP contribution in [0, 0.1) is 13.8 Å². The molecule has 2 aromatic rings. The predicted octanol–water partition coefficient (Wildman–Crippen LogP) is 3.45. The van der Waals surface area contributed by atoms with Crippen molar-refractivity contribution in [3.8, 4) is 0 Å². The number of benzene rings is 1. The Kier molecular flexibility index (Phi) is 7.24. The van der Waals surface area contributed by atoms with Gasteiger partial charge in [-0.15, -0.1) is 10.2 Å². The number of amides is 1. The van der Waals surface area contributed by atoms with Crippen molar-refractivity contribution in [2.75, 3.05) is 21.6 Å². The van der Waals surface area contributed by atoms with Crippen molar-refractivity contribution in [1.82, 2.24) is 10.2 Å². The summed E-state index contributed by atoms with van der Waals surface area (Å²) in [5, 5.41) is 11.0. The molecule has 7 nitrogen and oxygen atoms in total. The highest BCUT2D eigenvalue weighted by Gasteiger charge is 2.30. The molecule has 0 bridgehead atoms. The Morgan fingerprint density at radius 2 is 2.04 bits per heavy atom. The van der Waals surface area contributed by atoms with Gasteiger partial charge in [-0.2, -0.15) is 0 Å². The van der Waals surface area contributed by atoms with E-state index in [1.54, 1.807) is 24.8 Å². The maximum absolute atomic E-state index is 12.7. The second-order valence-electron chi connectivity index (χ2n) is 6.24. The number of anilines is 2. The van der Waals surface area contributed by atoms with Gasteiger partial charge in [0.1, 0.15) is 6.04 Å². The maximum atomic E-state index is 12.7. The molecule has 148 valence electrons. The Bertz CT molecular complexity index is 912. The number of sulfonamides is 1. The van der Waals surface area contributed by atoms with Gasteiger partial charge in [-0.3, -0.25) is 14.4 Å². The molecule has 0 spiro atoms. The number of nitrogens with zero attached hydrogens (tertiary/aromatic N) is 3. The van der Waals surface area contributed by atoms with E-state index in [0.29, 0.717) is 10.8 Å². The van der Waals surface area contributed by atoms with Crippen LogP contribution in [0.4, 0.5) is 10.8 Å². The van der Waals surface area contributed by atoms with Crippen molar-refractivity contribution in [1.29, 1.82) is 0 Å². The Morgan fingerprint density at radius 1 is 1.33 bits per heavy atom. The fraction of sp³-hybridized carbons (Fsp3) is 0.471. The molecule has 0 radical (unpaired) electrons. The van der Waals surface area contributed by atoms with E-state index in [-0.39, 0.29) is 0 Å². The van der Waals surface area contributed by atoms with Crippen molar-refractivity contribution in [2.45, 2.75) is 44.5 Å². The molecular weight excluding hydrogens is 404 g/mol. The number of carbonyl (C=O) groups is 1. The van der Waals surface area contributed by atoms with Gasteiger partial charge in [0.2, 0.25) is 21.1 Å². The normalized spacial score (nSPS) is 12.6. The molecule has 0 aliphatic heterocycles. The Hall–Kier alpha value is -1.65. The van der Waals surface area contributed by atoms with E-state index in [4.69, 9.17) is 0 Å². The number of nitrogens with one attached hydrogen (secondary N) is 1. The molecule has 27 heavy (non-hydrogen) atoms. The number of rotatable bonds is 8. The van der Waals surface area contributed by atoms with E-state index in [9.17, 15) is 13.2 Å². The van der Waals surface area contributed by atoms with E-state index in [1.165, 1.54) is 11.3 Å². The van der Waals surface area contributed by atoms with Gasteiger partial charge in [0.05, 0.1) is 11.9 Å². The van der Waals surface area contributed by atoms with Gasteiger partial charge < -0.3 is 0 Å². The van der Waals surface area contributed by atoms with E-state index in [1.807, 2.05) is 26.0 Å². The zero-order valence-electron chi connectivity index (χ0n) is 16.0. The SMILES string of the molecule is CCCSc1nnc(NC(=O)[C@@H](C)N(c2cc(C)ccc2C)S(C)(=O)=O)s1. The molecule has 1 aromatic carbocycles. The third kappa shape index (κ3) is 5.66. The van der Waals surface area contributed by atoms with E-state index in [0.717, 1.165) is 38.2 Å². The average molecular weight is 429 g/mol. The van der Waals surface area contributed by atoms with Crippen molar-refractivity contribution in [2.24, 2.45) is 0 Å². The summed E-state index contributed by atoms with van der Waals surface area (Å²) in [5.41, 5.74) is 2.19. The first-order chi connectivity index (χ1) is 12.6. The summed E-state index contributed by atoms with van der Waals surface area (Å²) in [6, 6.07) is 4.58. The lowest BCUT2D eigenvalue weighted by atomic mass is 10.1. The number of carbonyl (C=O) groups excluding carboxylic acids is 1. The molecule has 1 aromatic heterocycles. The average Bonchev–Trinajstić information content (AvgIpc) is 3.02. The summed E-state index contributed by atoms with van der Waals surface area (Å²) in [7, 11) is -3.66. The minimum absolute atomic E-state index is 0.361. The number of hydrogen-bond acceptors (Lipinski definition) is 7. The molecule has 0 fully saturated rings. The monoisotopic (exact) mass is 428 g/mol. The van der Waals surface area contributed by atoms with Gasteiger partial charge in [-0.1, -0.05) is 42.2 Å². The Morgan fingerprint density at radius 3 is 2.67 bits per heavy atom. The first kappa shape index (κ1) is 21.6. The zero-order chi connectivity index (χ0) is 20.2. The van der Waals surface area contributed by atoms with Gasteiger partial charge >= 0.3 is 0 Å². The van der Waals surface area contributed by atoms with E-state index in [2.05, 4.69) is 22.4 Å². The van der Waals surface area contributed by atoms with Crippen LogP contribution in [-0.4, -0.2) is 42.6 Å². The summed E-state index contributed by atoms with van der Waals surface area (Å²) < 4.78 is 26.8. The molecule has 1 atom stereocenters. The quantitative estimate of drug-likeness (QED) is 0.511. The van der Waals surface area contributed by atoms with Crippen molar-refractivity contribution < 1.29 is 13.2 Å². The van der Waals surface area contributed by atoms with E-state index >= 15 is 0 Å². The molecule has 1 amide bonds. The van der Waals surface area contributed by atoms with Crippen molar-refractivity contribution >= 4 is 49.8 Å². The van der Waals surface area contributed by atoms with Crippen LogP contribution in [-0.2, 0) is 14.8 Å². The van der Waals surface area contributed by atoms with E-state index < -0.39 is 22.0 Å². The summed E-state index contributed by atoms with van der Waals surface area (Å²) in [6.07, 6.45) is 2.12. The third-order valence-electron chi connectivity index (χ3n) is 3.76. The molecule has 1 heterocycles. The van der Waals surface area contributed by atoms with Crippen LogP contribution in [0.3, 0.4) is 0 Å². The van der Waals surface area contributed by atoms with Crippen LogP contribution in [0.2, 0.25) is 0 Å². The maximum Gasteiger partial charge on any atom is 0.249 e. The summed E-state index contributed by atoms with van der Waals surface area (Å²) in [5.74, 6) is 0.470. The number of thioether (sulfide) groups is 1. The second-order valence-corrected chi connectivity index (χ2v) is 10.4. The first-order valence-corrected chi connectivity index (χ1v) is 12.1. The van der Waals surface area contributed by atoms with Crippen LogP contribution in [0.1, 0.15) is 31.4 Å². The molecule has 0 saturated carbocycles. The smallest absolute Gasteiger partial charge is 0.249 e. The Balaban J connectivity index is 2.25. The van der Waals surface area contributed by atoms with Crippen LogP contribution in [0.15, 0.2) is 22.5 Å².